The molecule has 1 unspecified atom stereocenters. The third kappa shape index (κ3) is 1.76. The summed E-state index contributed by atoms with van der Waals surface area (Å²) in [6, 6.07) is 1.83. The van der Waals surface area contributed by atoms with Crippen molar-refractivity contribution in [3.63, 3.8) is 0 Å². The summed E-state index contributed by atoms with van der Waals surface area (Å²) in [4.78, 5) is 2.77. The fraction of sp³-hybridized carbons (Fsp3) is 1.00. The van der Waals surface area contributed by atoms with Crippen molar-refractivity contribution in [3.8, 4) is 0 Å². The van der Waals surface area contributed by atoms with Gasteiger partial charge in [-0.2, -0.15) is 0 Å². The first kappa shape index (κ1) is 9.51. The molecule has 0 bridgehead atoms. The average molecular weight is 181 g/mol. The van der Waals surface area contributed by atoms with E-state index in [1.54, 1.807) is 0 Å². The zero-order valence-corrected chi connectivity index (χ0v) is 9.34. The van der Waals surface area contributed by atoms with Crippen LogP contribution < -0.4 is 0 Å². The lowest BCUT2D eigenvalue weighted by molar-refractivity contribution is 0.111. The molecule has 2 fully saturated rings. The topological polar surface area (TPSA) is 3.24 Å². The van der Waals surface area contributed by atoms with E-state index < -0.39 is 0 Å². The highest BCUT2D eigenvalue weighted by Gasteiger charge is 2.42. The van der Waals surface area contributed by atoms with Crippen molar-refractivity contribution < 1.29 is 0 Å². The maximum Gasteiger partial charge on any atom is 0.0149 e. The van der Waals surface area contributed by atoms with Crippen LogP contribution in [0.2, 0.25) is 0 Å². The zero-order valence-electron chi connectivity index (χ0n) is 9.34. The monoisotopic (exact) mass is 181 g/mol. The molecule has 1 atom stereocenters. The Hall–Kier alpha value is -0.0400. The van der Waals surface area contributed by atoms with E-state index >= 15 is 0 Å². The highest BCUT2D eigenvalue weighted by Crippen LogP contribution is 2.44. The van der Waals surface area contributed by atoms with Crippen LogP contribution in [-0.2, 0) is 0 Å². The van der Waals surface area contributed by atoms with Gasteiger partial charge in [-0.15, -0.1) is 0 Å². The standard InChI is InChI=1S/C12H23N/c1-4-13(10-7-8-10)11-6-5-9-12(11,2)3/h10-11H,4-9H2,1-3H3. The lowest BCUT2D eigenvalue weighted by Gasteiger charge is -2.37. The molecule has 0 aromatic rings. The van der Waals surface area contributed by atoms with Gasteiger partial charge >= 0.3 is 0 Å². The zero-order chi connectivity index (χ0) is 9.47. The summed E-state index contributed by atoms with van der Waals surface area (Å²) in [6.45, 7) is 8.50. The number of nitrogens with zero attached hydrogens (tertiary/aromatic N) is 1. The maximum absolute atomic E-state index is 2.77. The van der Waals surface area contributed by atoms with E-state index in [0.717, 1.165) is 12.1 Å². The van der Waals surface area contributed by atoms with E-state index in [1.807, 2.05) is 0 Å². The van der Waals surface area contributed by atoms with Gasteiger partial charge in [0.25, 0.3) is 0 Å². The Morgan fingerprint density at radius 1 is 1.23 bits per heavy atom. The lowest BCUT2D eigenvalue weighted by Crippen LogP contribution is -2.43. The third-order valence-electron chi connectivity index (χ3n) is 3.98. The minimum atomic E-state index is 0.582. The quantitative estimate of drug-likeness (QED) is 0.647. The normalized spacial score (nSPS) is 32.8. The van der Waals surface area contributed by atoms with Crippen molar-refractivity contribution >= 4 is 0 Å². The summed E-state index contributed by atoms with van der Waals surface area (Å²) >= 11 is 0. The molecule has 2 aliphatic carbocycles. The molecule has 0 radical (unpaired) electrons. The summed E-state index contributed by atoms with van der Waals surface area (Å²) in [6.07, 6.45) is 7.24. The molecule has 0 heterocycles. The fourth-order valence-electron chi connectivity index (χ4n) is 3.06. The van der Waals surface area contributed by atoms with Gasteiger partial charge < -0.3 is 0 Å². The van der Waals surface area contributed by atoms with Crippen molar-refractivity contribution in [2.45, 2.75) is 65.0 Å². The van der Waals surface area contributed by atoms with Crippen LogP contribution in [0.25, 0.3) is 0 Å². The molecule has 2 aliphatic rings. The van der Waals surface area contributed by atoms with Crippen LogP contribution in [0.4, 0.5) is 0 Å². The highest BCUT2D eigenvalue weighted by molar-refractivity contribution is 4.97. The molecule has 0 spiro atoms. The Balaban J connectivity index is 2.04. The number of rotatable bonds is 3. The Labute approximate surface area is 82.5 Å². The Morgan fingerprint density at radius 2 is 1.92 bits per heavy atom. The SMILES string of the molecule is CCN(C1CC1)C1CCCC1(C)C. The molecule has 76 valence electrons. The van der Waals surface area contributed by atoms with Gasteiger partial charge in [-0.3, -0.25) is 4.90 Å². The predicted octanol–water partition coefficient (Wildman–Crippen LogP) is 3.05. The van der Waals surface area contributed by atoms with E-state index in [1.165, 1.54) is 38.6 Å². The van der Waals surface area contributed by atoms with Crippen molar-refractivity contribution in [3.05, 3.63) is 0 Å². The molecule has 1 nitrogen and oxygen atoms in total. The van der Waals surface area contributed by atoms with Gasteiger partial charge in [0.05, 0.1) is 0 Å². The van der Waals surface area contributed by atoms with Crippen LogP contribution in [0.5, 0.6) is 0 Å². The summed E-state index contributed by atoms with van der Waals surface area (Å²) in [5, 5.41) is 0. The van der Waals surface area contributed by atoms with Crippen LogP contribution in [-0.4, -0.2) is 23.5 Å². The second-order valence-electron chi connectivity index (χ2n) is 5.46. The van der Waals surface area contributed by atoms with Gasteiger partial charge in [0.1, 0.15) is 0 Å². The maximum atomic E-state index is 2.77. The van der Waals surface area contributed by atoms with Crippen LogP contribution in [0.3, 0.4) is 0 Å². The van der Waals surface area contributed by atoms with E-state index in [-0.39, 0.29) is 0 Å². The molecule has 2 saturated carbocycles. The lowest BCUT2D eigenvalue weighted by atomic mass is 9.86. The molecule has 13 heavy (non-hydrogen) atoms. The molecule has 2 rings (SSSR count). The Kier molecular flexibility index (Phi) is 2.39. The van der Waals surface area contributed by atoms with Crippen molar-refractivity contribution in [1.82, 2.24) is 4.90 Å². The second kappa shape index (κ2) is 3.27. The summed E-state index contributed by atoms with van der Waals surface area (Å²) in [5.41, 5.74) is 0.582. The van der Waals surface area contributed by atoms with Gasteiger partial charge in [-0.1, -0.05) is 27.2 Å². The molecule has 0 aromatic carbocycles. The second-order valence-corrected chi connectivity index (χ2v) is 5.46. The van der Waals surface area contributed by atoms with Crippen molar-refractivity contribution in [2.24, 2.45) is 5.41 Å². The first-order chi connectivity index (χ1) is 6.15. The van der Waals surface area contributed by atoms with E-state index in [0.29, 0.717) is 5.41 Å². The fourth-order valence-corrected chi connectivity index (χ4v) is 3.06. The smallest absolute Gasteiger partial charge is 0.0149 e. The molecule has 0 aliphatic heterocycles. The molecular weight excluding hydrogens is 158 g/mol. The molecule has 0 saturated heterocycles. The van der Waals surface area contributed by atoms with E-state index in [2.05, 4.69) is 25.7 Å². The third-order valence-corrected chi connectivity index (χ3v) is 3.98. The van der Waals surface area contributed by atoms with E-state index in [9.17, 15) is 0 Å². The van der Waals surface area contributed by atoms with Gasteiger partial charge in [0.15, 0.2) is 0 Å². The highest BCUT2D eigenvalue weighted by atomic mass is 15.2. The minimum absolute atomic E-state index is 0.582. The van der Waals surface area contributed by atoms with Crippen molar-refractivity contribution in [1.29, 1.82) is 0 Å². The van der Waals surface area contributed by atoms with E-state index in [4.69, 9.17) is 0 Å². The van der Waals surface area contributed by atoms with Gasteiger partial charge in [-0.25, -0.2) is 0 Å². The van der Waals surface area contributed by atoms with Crippen molar-refractivity contribution in [2.75, 3.05) is 6.54 Å². The van der Waals surface area contributed by atoms with Gasteiger partial charge in [0, 0.05) is 12.1 Å². The van der Waals surface area contributed by atoms with Gasteiger partial charge in [0.2, 0.25) is 0 Å². The van der Waals surface area contributed by atoms with Crippen LogP contribution >= 0.6 is 0 Å². The molecular formula is C12H23N. The molecule has 0 amide bonds. The molecule has 0 N–H and O–H groups in total. The molecule has 0 aromatic heterocycles. The summed E-state index contributed by atoms with van der Waals surface area (Å²) in [5.74, 6) is 0. The minimum Gasteiger partial charge on any atom is -0.297 e. The Morgan fingerprint density at radius 3 is 2.31 bits per heavy atom. The summed E-state index contributed by atoms with van der Waals surface area (Å²) < 4.78 is 0. The Bertz CT molecular complexity index is 182. The van der Waals surface area contributed by atoms with Crippen LogP contribution in [0.1, 0.15) is 52.9 Å². The first-order valence-corrected chi connectivity index (χ1v) is 5.91. The van der Waals surface area contributed by atoms with Crippen LogP contribution in [0, 0.1) is 5.41 Å². The largest absolute Gasteiger partial charge is 0.297 e. The first-order valence-electron chi connectivity index (χ1n) is 5.91. The molecule has 1 heteroatoms. The number of hydrogen-bond acceptors (Lipinski definition) is 1. The van der Waals surface area contributed by atoms with Gasteiger partial charge in [-0.05, 0) is 37.6 Å². The predicted molar refractivity (Wildman–Crippen MR) is 56.8 cm³/mol. The average Bonchev–Trinajstić information content (AvgIpc) is 2.81. The van der Waals surface area contributed by atoms with Crippen LogP contribution in [0.15, 0.2) is 0 Å². The number of hydrogen-bond donors (Lipinski definition) is 0. The summed E-state index contributed by atoms with van der Waals surface area (Å²) in [7, 11) is 0.